The largest absolute Gasteiger partial charge is 0.484 e. The molecule has 8 heteroatoms. The number of hydrogen-bond acceptors (Lipinski definition) is 5. The van der Waals surface area contributed by atoms with Gasteiger partial charge in [-0.05, 0) is 47.9 Å². The zero-order valence-corrected chi connectivity index (χ0v) is 17.7. The molecule has 2 aromatic rings. The Labute approximate surface area is 171 Å². The minimum atomic E-state index is -3.57. The van der Waals surface area contributed by atoms with Crippen LogP contribution in [0.1, 0.15) is 19.4 Å². The monoisotopic (exact) mass is 425 g/mol. The van der Waals surface area contributed by atoms with E-state index in [2.05, 4.69) is 0 Å². The lowest BCUT2D eigenvalue weighted by atomic mass is 10.1. The fraction of sp³-hybridized carbons (Fsp3) is 0.350. The van der Waals surface area contributed by atoms with Crippen LogP contribution in [0.4, 0.5) is 0 Å². The molecule has 0 aliphatic carbocycles. The number of rotatable bonds is 9. The zero-order chi connectivity index (χ0) is 20.7. The van der Waals surface area contributed by atoms with Gasteiger partial charge >= 0.3 is 10.1 Å². The molecule has 0 aliphatic rings. The Morgan fingerprint density at radius 2 is 1.61 bits per heavy atom. The molecule has 0 unspecified atom stereocenters. The molecule has 0 aromatic heterocycles. The van der Waals surface area contributed by atoms with Crippen LogP contribution in [0.3, 0.4) is 0 Å². The van der Waals surface area contributed by atoms with Crippen LogP contribution in [0.2, 0.25) is 5.02 Å². The van der Waals surface area contributed by atoms with E-state index in [0.717, 1.165) is 11.8 Å². The molecule has 28 heavy (non-hydrogen) atoms. The summed E-state index contributed by atoms with van der Waals surface area (Å²) in [6.07, 6.45) is 0.991. The maximum absolute atomic E-state index is 12.6. The lowest BCUT2D eigenvalue weighted by Crippen LogP contribution is -2.37. The Kier molecular flexibility index (Phi) is 7.71. The van der Waals surface area contributed by atoms with E-state index < -0.39 is 10.1 Å². The second-order valence-electron chi connectivity index (χ2n) is 6.84. The minimum Gasteiger partial charge on any atom is -0.484 e. The number of carbonyl (C=O) groups excluding carboxylic acids is 1. The van der Waals surface area contributed by atoms with Gasteiger partial charge in [-0.25, -0.2) is 0 Å². The number of ether oxygens (including phenoxy) is 1. The van der Waals surface area contributed by atoms with Crippen molar-refractivity contribution in [1.82, 2.24) is 4.90 Å². The van der Waals surface area contributed by atoms with Crippen molar-refractivity contribution < 1.29 is 22.1 Å². The van der Waals surface area contributed by atoms with Crippen molar-refractivity contribution in [1.29, 1.82) is 0 Å². The van der Waals surface area contributed by atoms with Gasteiger partial charge in [0.25, 0.3) is 5.91 Å². The lowest BCUT2D eigenvalue weighted by molar-refractivity contribution is -0.134. The average molecular weight is 426 g/mol. The summed E-state index contributed by atoms with van der Waals surface area (Å²) in [4.78, 5) is 14.4. The highest BCUT2D eigenvalue weighted by Crippen LogP contribution is 2.18. The van der Waals surface area contributed by atoms with Crippen molar-refractivity contribution in [3.05, 3.63) is 59.1 Å². The van der Waals surface area contributed by atoms with Gasteiger partial charge in [-0.2, -0.15) is 8.42 Å². The maximum atomic E-state index is 12.6. The molecule has 152 valence electrons. The first-order valence-electron chi connectivity index (χ1n) is 8.77. The van der Waals surface area contributed by atoms with Crippen LogP contribution in [-0.2, 0) is 21.5 Å². The molecule has 0 radical (unpaired) electrons. The molecule has 0 saturated heterocycles. The summed E-state index contributed by atoms with van der Waals surface area (Å²) >= 11 is 5.85. The van der Waals surface area contributed by atoms with Crippen molar-refractivity contribution in [2.45, 2.75) is 20.4 Å². The fourth-order valence-electron chi connectivity index (χ4n) is 2.51. The molecular formula is C20H24ClNO5S. The molecule has 0 saturated carbocycles. The molecule has 0 fully saturated rings. The molecule has 1 amide bonds. The predicted molar refractivity (Wildman–Crippen MR) is 109 cm³/mol. The number of hydrogen-bond donors (Lipinski definition) is 0. The van der Waals surface area contributed by atoms with E-state index >= 15 is 0 Å². The Hall–Kier alpha value is -2.25. The van der Waals surface area contributed by atoms with E-state index in [1.807, 2.05) is 13.8 Å². The summed E-state index contributed by atoms with van der Waals surface area (Å²) in [5.74, 6) is 0.955. The van der Waals surface area contributed by atoms with Gasteiger partial charge in [-0.3, -0.25) is 4.79 Å². The van der Waals surface area contributed by atoms with Crippen LogP contribution < -0.4 is 8.92 Å². The van der Waals surface area contributed by atoms with Crippen LogP contribution >= 0.6 is 11.6 Å². The number of nitrogens with zero attached hydrogens (tertiary/aromatic N) is 1. The van der Waals surface area contributed by atoms with Crippen molar-refractivity contribution in [3.8, 4) is 11.5 Å². The van der Waals surface area contributed by atoms with Crippen LogP contribution in [0, 0.1) is 5.92 Å². The first-order valence-corrected chi connectivity index (χ1v) is 11.0. The lowest BCUT2D eigenvalue weighted by Gasteiger charge is -2.25. The topological polar surface area (TPSA) is 72.9 Å². The van der Waals surface area contributed by atoms with E-state index in [4.69, 9.17) is 20.5 Å². The van der Waals surface area contributed by atoms with E-state index in [1.54, 1.807) is 53.4 Å². The fourth-order valence-corrected chi connectivity index (χ4v) is 3.09. The Bertz CT molecular complexity index is 880. The highest BCUT2D eigenvalue weighted by Gasteiger charge is 2.16. The summed E-state index contributed by atoms with van der Waals surface area (Å²) in [6.45, 7) is 4.95. The van der Waals surface area contributed by atoms with E-state index in [1.165, 1.54) is 0 Å². The SMILES string of the molecule is CC(C)CN(Cc1ccc(OS(C)(=O)=O)cc1)C(=O)COc1ccc(Cl)cc1. The normalized spacial score (nSPS) is 11.3. The average Bonchev–Trinajstić information content (AvgIpc) is 2.60. The number of amides is 1. The quantitative estimate of drug-likeness (QED) is 0.572. The summed E-state index contributed by atoms with van der Waals surface area (Å²) < 4.78 is 32.8. The van der Waals surface area contributed by atoms with Crippen molar-refractivity contribution in [2.24, 2.45) is 5.92 Å². The summed E-state index contributed by atoms with van der Waals surface area (Å²) in [5, 5.41) is 0.600. The first-order chi connectivity index (χ1) is 13.1. The summed E-state index contributed by atoms with van der Waals surface area (Å²) in [6, 6.07) is 13.4. The Balaban J connectivity index is 2.01. The molecular weight excluding hydrogens is 402 g/mol. The molecule has 6 nitrogen and oxygen atoms in total. The number of benzene rings is 2. The van der Waals surface area contributed by atoms with Crippen LogP contribution in [0.5, 0.6) is 11.5 Å². The third-order valence-electron chi connectivity index (χ3n) is 3.66. The van der Waals surface area contributed by atoms with Gasteiger partial charge in [0.05, 0.1) is 6.26 Å². The molecule has 0 bridgehead atoms. The zero-order valence-electron chi connectivity index (χ0n) is 16.1. The minimum absolute atomic E-state index is 0.0797. The predicted octanol–water partition coefficient (Wildman–Crippen LogP) is 3.74. The number of carbonyl (C=O) groups is 1. The van der Waals surface area contributed by atoms with Crippen LogP contribution in [-0.4, -0.2) is 38.6 Å². The molecule has 0 N–H and O–H groups in total. The van der Waals surface area contributed by atoms with Gasteiger partial charge in [0, 0.05) is 18.1 Å². The van der Waals surface area contributed by atoms with Gasteiger partial charge in [-0.1, -0.05) is 37.6 Å². The third-order valence-corrected chi connectivity index (χ3v) is 4.41. The maximum Gasteiger partial charge on any atom is 0.306 e. The molecule has 0 aliphatic heterocycles. The summed E-state index contributed by atoms with van der Waals surface area (Å²) in [5.41, 5.74) is 0.862. The van der Waals surface area contributed by atoms with Gasteiger partial charge in [0.15, 0.2) is 6.61 Å². The van der Waals surface area contributed by atoms with E-state index in [9.17, 15) is 13.2 Å². The van der Waals surface area contributed by atoms with Crippen molar-refractivity contribution in [2.75, 3.05) is 19.4 Å². The van der Waals surface area contributed by atoms with Gasteiger partial charge in [0.2, 0.25) is 0 Å². The third kappa shape index (κ3) is 7.78. The first kappa shape index (κ1) is 22.0. The Morgan fingerprint density at radius 1 is 1.04 bits per heavy atom. The molecule has 0 spiro atoms. The molecule has 0 atom stereocenters. The molecule has 0 heterocycles. The van der Waals surface area contributed by atoms with Crippen LogP contribution in [0.25, 0.3) is 0 Å². The number of halogens is 1. The summed E-state index contributed by atoms with van der Waals surface area (Å²) in [7, 11) is -3.57. The highest BCUT2D eigenvalue weighted by atomic mass is 35.5. The van der Waals surface area contributed by atoms with Crippen LogP contribution in [0.15, 0.2) is 48.5 Å². The van der Waals surface area contributed by atoms with Gasteiger partial charge in [0.1, 0.15) is 11.5 Å². The second kappa shape index (κ2) is 9.80. The standard InChI is InChI=1S/C20H24ClNO5S/c1-15(2)12-22(20(23)14-26-18-10-6-17(21)7-11-18)13-16-4-8-19(9-5-16)27-28(3,24)25/h4-11,15H,12-14H2,1-3H3. The Morgan fingerprint density at radius 3 is 2.14 bits per heavy atom. The molecule has 2 rings (SSSR count). The smallest absolute Gasteiger partial charge is 0.306 e. The second-order valence-corrected chi connectivity index (χ2v) is 8.85. The highest BCUT2D eigenvalue weighted by molar-refractivity contribution is 7.86. The molecule has 2 aromatic carbocycles. The van der Waals surface area contributed by atoms with Gasteiger partial charge < -0.3 is 13.8 Å². The van der Waals surface area contributed by atoms with E-state index in [0.29, 0.717) is 23.9 Å². The van der Waals surface area contributed by atoms with Gasteiger partial charge in [-0.15, -0.1) is 0 Å². The van der Waals surface area contributed by atoms with Crippen molar-refractivity contribution >= 4 is 27.6 Å². The van der Waals surface area contributed by atoms with Crippen molar-refractivity contribution in [3.63, 3.8) is 0 Å². The van der Waals surface area contributed by atoms with E-state index in [-0.39, 0.29) is 24.2 Å².